The molecule has 1 aromatic rings. The maximum atomic E-state index is 11.3. The van der Waals surface area contributed by atoms with Crippen LogP contribution < -0.4 is 10.8 Å². The average molecular weight is 295 g/mol. The fourth-order valence-electron chi connectivity index (χ4n) is 1.81. The molecule has 1 aromatic carbocycles. The van der Waals surface area contributed by atoms with Crippen molar-refractivity contribution in [3.63, 3.8) is 0 Å². The lowest BCUT2D eigenvalue weighted by atomic mass is 9.79. The summed E-state index contributed by atoms with van der Waals surface area (Å²) in [5.74, 6) is -4.19. The Morgan fingerprint density at radius 3 is 1.90 bits per heavy atom. The number of carbonyl (C=O) groups is 3. The standard InChI is InChI=1S/C12H14BNO7/c1-7(15)14-12(10(16)17,11(18)19)6-8-2-4-9(5-3-8)13(20)21/h2-5,20-21H,6H2,1H3,(H,14,15)(H,16,17)(H,18,19). The molecular formula is C12H14BNO7. The molecule has 5 N–H and O–H groups in total. The molecule has 21 heavy (non-hydrogen) atoms. The zero-order chi connectivity index (χ0) is 16.2. The monoisotopic (exact) mass is 295 g/mol. The first-order valence-electron chi connectivity index (χ1n) is 5.89. The minimum Gasteiger partial charge on any atom is -0.479 e. The summed E-state index contributed by atoms with van der Waals surface area (Å²) >= 11 is 0. The molecule has 0 heterocycles. The maximum absolute atomic E-state index is 11.3. The third-order valence-electron chi connectivity index (χ3n) is 2.87. The molecule has 0 aromatic heterocycles. The first-order valence-corrected chi connectivity index (χ1v) is 5.89. The van der Waals surface area contributed by atoms with Crippen LogP contribution >= 0.6 is 0 Å². The highest BCUT2D eigenvalue weighted by Crippen LogP contribution is 2.15. The lowest BCUT2D eigenvalue weighted by Gasteiger charge is -2.25. The Bertz CT molecular complexity index is 541. The predicted octanol–water partition coefficient (Wildman–Crippen LogP) is -2.05. The predicted molar refractivity (Wildman–Crippen MR) is 71.8 cm³/mol. The van der Waals surface area contributed by atoms with Crippen LogP contribution in [0.25, 0.3) is 0 Å². The summed E-state index contributed by atoms with van der Waals surface area (Å²) in [7, 11) is -1.68. The van der Waals surface area contributed by atoms with E-state index in [0.717, 1.165) is 6.92 Å². The van der Waals surface area contributed by atoms with Gasteiger partial charge in [-0.3, -0.25) is 4.79 Å². The van der Waals surface area contributed by atoms with E-state index in [-0.39, 0.29) is 5.46 Å². The Morgan fingerprint density at radius 1 is 1.10 bits per heavy atom. The molecule has 0 bridgehead atoms. The van der Waals surface area contributed by atoms with Gasteiger partial charge in [-0.25, -0.2) is 9.59 Å². The van der Waals surface area contributed by atoms with Crippen molar-refractivity contribution in [1.29, 1.82) is 0 Å². The van der Waals surface area contributed by atoms with Gasteiger partial charge in [-0.05, 0) is 11.0 Å². The van der Waals surface area contributed by atoms with E-state index >= 15 is 0 Å². The first kappa shape index (κ1) is 16.7. The largest absolute Gasteiger partial charge is 0.488 e. The Morgan fingerprint density at radius 2 is 1.57 bits per heavy atom. The van der Waals surface area contributed by atoms with Crippen molar-refractivity contribution < 1.29 is 34.6 Å². The second-order valence-corrected chi connectivity index (χ2v) is 4.49. The Balaban J connectivity index is 3.14. The van der Waals surface area contributed by atoms with Crippen LogP contribution in [0, 0.1) is 0 Å². The molecule has 0 fully saturated rings. The van der Waals surface area contributed by atoms with Crippen LogP contribution in [0.3, 0.4) is 0 Å². The Hall–Kier alpha value is -2.39. The fraction of sp³-hybridized carbons (Fsp3) is 0.250. The third-order valence-corrected chi connectivity index (χ3v) is 2.87. The molecule has 0 radical (unpaired) electrons. The molecule has 0 unspecified atom stereocenters. The van der Waals surface area contributed by atoms with Crippen molar-refractivity contribution in [2.24, 2.45) is 0 Å². The molecule has 0 aliphatic rings. The SMILES string of the molecule is CC(=O)NC(Cc1ccc(B(O)O)cc1)(C(=O)O)C(=O)O. The number of carboxylic acid groups (broad SMARTS) is 2. The molecular weight excluding hydrogens is 281 g/mol. The van der Waals surface area contributed by atoms with Crippen molar-refractivity contribution in [1.82, 2.24) is 5.32 Å². The molecule has 1 amide bonds. The summed E-state index contributed by atoms with van der Waals surface area (Å²) in [4.78, 5) is 33.7. The van der Waals surface area contributed by atoms with Crippen LogP contribution in [0.2, 0.25) is 0 Å². The number of nitrogens with one attached hydrogen (secondary N) is 1. The van der Waals surface area contributed by atoms with Crippen molar-refractivity contribution in [2.75, 3.05) is 0 Å². The molecule has 0 atom stereocenters. The summed E-state index contributed by atoms with van der Waals surface area (Å²) in [5.41, 5.74) is -2.00. The van der Waals surface area contributed by atoms with Gasteiger partial charge in [-0.1, -0.05) is 24.3 Å². The Labute approximate surface area is 120 Å². The highest BCUT2D eigenvalue weighted by Gasteiger charge is 2.47. The zero-order valence-electron chi connectivity index (χ0n) is 11.1. The summed E-state index contributed by atoms with van der Waals surface area (Å²) < 4.78 is 0. The number of carbonyl (C=O) groups excluding carboxylic acids is 1. The number of amides is 1. The molecule has 9 heteroatoms. The van der Waals surface area contributed by atoms with Gasteiger partial charge in [-0.2, -0.15) is 0 Å². The molecule has 0 aliphatic heterocycles. The molecule has 0 spiro atoms. The molecule has 0 saturated heterocycles. The first-order chi connectivity index (χ1) is 9.69. The van der Waals surface area contributed by atoms with Crippen LogP contribution in [-0.4, -0.2) is 50.8 Å². The number of rotatable bonds is 6. The van der Waals surface area contributed by atoms with E-state index in [0.29, 0.717) is 5.56 Å². The van der Waals surface area contributed by atoms with Crippen molar-refractivity contribution >= 4 is 30.4 Å². The molecule has 1 rings (SSSR count). The summed E-state index contributed by atoms with van der Waals surface area (Å²) in [5, 5.41) is 38.2. The second kappa shape index (κ2) is 6.38. The van der Waals surface area contributed by atoms with Gasteiger partial charge in [0.1, 0.15) is 0 Å². The van der Waals surface area contributed by atoms with Crippen LogP contribution in [0.5, 0.6) is 0 Å². The highest BCUT2D eigenvalue weighted by molar-refractivity contribution is 6.58. The fourth-order valence-corrected chi connectivity index (χ4v) is 1.81. The summed E-state index contributed by atoms with van der Waals surface area (Å²) in [6, 6.07) is 5.36. The van der Waals surface area contributed by atoms with Gasteiger partial charge in [0.15, 0.2) is 0 Å². The lowest BCUT2D eigenvalue weighted by Crippen LogP contribution is -2.61. The van der Waals surface area contributed by atoms with Gasteiger partial charge in [0.25, 0.3) is 0 Å². The normalized spacial score (nSPS) is 10.8. The number of aliphatic carboxylic acids is 2. The van der Waals surface area contributed by atoms with Crippen LogP contribution in [0.1, 0.15) is 12.5 Å². The van der Waals surface area contributed by atoms with E-state index in [1.807, 2.05) is 5.32 Å². The van der Waals surface area contributed by atoms with Crippen LogP contribution in [0.15, 0.2) is 24.3 Å². The van der Waals surface area contributed by atoms with Crippen molar-refractivity contribution in [3.05, 3.63) is 29.8 Å². The van der Waals surface area contributed by atoms with Gasteiger partial charge >= 0.3 is 19.1 Å². The van der Waals surface area contributed by atoms with Crippen molar-refractivity contribution in [3.8, 4) is 0 Å². The number of benzene rings is 1. The maximum Gasteiger partial charge on any atom is 0.488 e. The zero-order valence-corrected chi connectivity index (χ0v) is 11.1. The van der Waals surface area contributed by atoms with Crippen molar-refractivity contribution in [2.45, 2.75) is 18.9 Å². The molecule has 8 nitrogen and oxygen atoms in total. The average Bonchev–Trinajstić information content (AvgIpc) is 2.37. The van der Waals surface area contributed by atoms with E-state index in [1.54, 1.807) is 0 Å². The number of hydrogen-bond donors (Lipinski definition) is 5. The molecule has 0 saturated carbocycles. The van der Waals surface area contributed by atoms with Gasteiger partial charge in [0.2, 0.25) is 11.4 Å². The van der Waals surface area contributed by atoms with E-state index in [1.165, 1.54) is 24.3 Å². The quantitative estimate of drug-likeness (QED) is 0.300. The van der Waals surface area contributed by atoms with E-state index in [2.05, 4.69) is 0 Å². The van der Waals surface area contributed by atoms with Gasteiger partial charge in [-0.15, -0.1) is 0 Å². The van der Waals surface area contributed by atoms with Crippen LogP contribution in [0.4, 0.5) is 0 Å². The minimum atomic E-state index is -2.48. The van der Waals surface area contributed by atoms with Gasteiger partial charge in [0.05, 0.1) is 0 Å². The van der Waals surface area contributed by atoms with E-state index < -0.39 is 36.9 Å². The summed E-state index contributed by atoms with van der Waals surface area (Å²) in [6.07, 6.45) is -0.487. The minimum absolute atomic E-state index is 0.175. The number of hydrogen-bond acceptors (Lipinski definition) is 5. The van der Waals surface area contributed by atoms with Gasteiger partial charge in [0, 0.05) is 13.3 Å². The number of carboxylic acids is 2. The van der Waals surface area contributed by atoms with E-state index in [4.69, 9.17) is 10.0 Å². The highest BCUT2D eigenvalue weighted by atomic mass is 16.4. The van der Waals surface area contributed by atoms with Gasteiger partial charge < -0.3 is 25.6 Å². The van der Waals surface area contributed by atoms with Crippen LogP contribution in [-0.2, 0) is 20.8 Å². The molecule has 0 aliphatic carbocycles. The topological polar surface area (TPSA) is 144 Å². The van der Waals surface area contributed by atoms with E-state index in [9.17, 15) is 24.6 Å². The molecule has 112 valence electrons. The smallest absolute Gasteiger partial charge is 0.479 e. The lowest BCUT2D eigenvalue weighted by molar-refractivity contribution is -0.161. The summed E-state index contributed by atoms with van der Waals surface area (Å²) in [6.45, 7) is 1.02. The third kappa shape index (κ3) is 3.80. The Kier molecular flexibility index (Phi) is 5.06. The second-order valence-electron chi connectivity index (χ2n) is 4.49.